The van der Waals surface area contributed by atoms with E-state index in [-0.39, 0.29) is 16.1 Å². The number of hydrogen-bond donors (Lipinski definition) is 0. The molecule has 0 aliphatic rings. The van der Waals surface area contributed by atoms with Gasteiger partial charge in [-0.3, -0.25) is 10.1 Å². The first kappa shape index (κ1) is 11.1. The third kappa shape index (κ3) is 2.30. The molecule has 1 aromatic carbocycles. The van der Waals surface area contributed by atoms with Crippen LogP contribution in [0.2, 0.25) is 0 Å². The number of benzene rings is 1. The minimum atomic E-state index is -3.53. The number of hydrogen-bond acceptors (Lipinski definition) is 5. The van der Waals surface area contributed by atoms with Crippen molar-refractivity contribution in [3.63, 3.8) is 0 Å². The Morgan fingerprint density at radius 1 is 1.47 bits per heavy atom. The Labute approximate surface area is 85.8 Å². The smallest absolute Gasteiger partial charge is 0.258 e. The Balaban J connectivity index is 3.49. The molecule has 78 valence electrons. The largest absolute Gasteiger partial charge is 0.270 e. The van der Waals surface area contributed by atoms with E-state index in [1.807, 2.05) is 0 Å². The Bertz CT molecular complexity index is 556. The predicted molar refractivity (Wildman–Crippen MR) is 50.9 cm³/mol. The monoisotopic (exact) mass is 226 g/mol. The number of rotatable bonds is 2. The molecule has 0 amide bonds. The maximum atomic E-state index is 11.2. The molecule has 0 N–H and O–H groups in total. The van der Waals surface area contributed by atoms with Gasteiger partial charge >= 0.3 is 0 Å². The summed E-state index contributed by atoms with van der Waals surface area (Å²) < 4.78 is 22.3. The van der Waals surface area contributed by atoms with E-state index >= 15 is 0 Å². The van der Waals surface area contributed by atoms with Gasteiger partial charge in [0.2, 0.25) is 0 Å². The molecule has 0 spiro atoms. The molecule has 0 aromatic heterocycles. The van der Waals surface area contributed by atoms with Crippen molar-refractivity contribution in [3.8, 4) is 6.07 Å². The number of nitro groups is 1. The highest BCUT2D eigenvalue weighted by Gasteiger charge is 2.16. The second-order valence-electron chi connectivity index (χ2n) is 2.82. The minimum absolute atomic E-state index is 0.199. The lowest BCUT2D eigenvalue weighted by molar-refractivity contribution is -0.384. The second kappa shape index (κ2) is 3.67. The van der Waals surface area contributed by atoms with Gasteiger partial charge < -0.3 is 0 Å². The molecule has 15 heavy (non-hydrogen) atoms. The molecule has 0 radical (unpaired) electrons. The number of nitro benzene ring substituents is 1. The summed E-state index contributed by atoms with van der Waals surface area (Å²) in [6, 6.07) is 4.67. The molecule has 0 fully saturated rings. The SMILES string of the molecule is CS(=O)(=O)c1ccc([N+](=O)[O-])cc1C#N. The van der Waals surface area contributed by atoms with Crippen molar-refractivity contribution < 1.29 is 13.3 Å². The van der Waals surface area contributed by atoms with Crippen molar-refractivity contribution >= 4 is 15.5 Å². The van der Waals surface area contributed by atoms with Crippen molar-refractivity contribution in [1.29, 1.82) is 5.26 Å². The fraction of sp³-hybridized carbons (Fsp3) is 0.125. The molecular weight excluding hydrogens is 220 g/mol. The van der Waals surface area contributed by atoms with Crippen molar-refractivity contribution in [2.24, 2.45) is 0 Å². The Kier molecular flexibility index (Phi) is 2.72. The lowest BCUT2D eigenvalue weighted by Crippen LogP contribution is -2.01. The molecule has 7 heteroatoms. The molecule has 0 atom stereocenters. The summed E-state index contributed by atoms with van der Waals surface area (Å²) in [7, 11) is -3.53. The van der Waals surface area contributed by atoms with Crippen molar-refractivity contribution in [2.75, 3.05) is 6.26 Å². The van der Waals surface area contributed by atoms with E-state index in [0.29, 0.717) is 0 Å². The average Bonchev–Trinajstić information content (AvgIpc) is 2.15. The molecule has 1 aromatic rings. The molecule has 0 aliphatic heterocycles. The van der Waals surface area contributed by atoms with Gasteiger partial charge in [0.1, 0.15) is 6.07 Å². The van der Waals surface area contributed by atoms with Gasteiger partial charge in [-0.1, -0.05) is 0 Å². The summed E-state index contributed by atoms with van der Waals surface area (Å²) in [5.74, 6) is 0. The first-order valence-corrected chi connectivity index (χ1v) is 5.64. The second-order valence-corrected chi connectivity index (χ2v) is 4.81. The van der Waals surface area contributed by atoms with Crippen LogP contribution in [0.25, 0.3) is 0 Å². The van der Waals surface area contributed by atoms with Crippen LogP contribution in [-0.4, -0.2) is 19.6 Å². The first-order valence-electron chi connectivity index (χ1n) is 3.75. The summed E-state index contributed by atoms with van der Waals surface area (Å²) in [4.78, 5) is 9.49. The van der Waals surface area contributed by atoms with E-state index in [9.17, 15) is 18.5 Å². The summed E-state index contributed by atoms with van der Waals surface area (Å²) in [5.41, 5.74) is -0.523. The van der Waals surface area contributed by atoms with E-state index in [1.54, 1.807) is 6.07 Å². The van der Waals surface area contributed by atoms with Gasteiger partial charge in [0.25, 0.3) is 5.69 Å². The minimum Gasteiger partial charge on any atom is -0.258 e. The highest BCUT2D eigenvalue weighted by atomic mass is 32.2. The lowest BCUT2D eigenvalue weighted by atomic mass is 10.2. The highest BCUT2D eigenvalue weighted by Crippen LogP contribution is 2.20. The third-order valence-corrected chi connectivity index (χ3v) is 2.85. The zero-order valence-corrected chi connectivity index (χ0v) is 8.48. The molecule has 0 bridgehead atoms. The molecule has 0 saturated heterocycles. The zero-order chi connectivity index (χ0) is 11.6. The van der Waals surface area contributed by atoms with Crippen LogP contribution in [-0.2, 0) is 9.84 Å². The maximum absolute atomic E-state index is 11.2. The topological polar surface area (TPSA) is 101 Å². The molecule has 0 unspecified atom stereocenters. The van der Waals surface area contributed by atoms with Crippen LogP contribution >= 0.6 is 0 Å². The van der Waals surface area contributed by atoms with E-state index < -0.39 is 14.8 Å². The van der Waals surface area contributed by atoms with Crippen molar-refractivity contribution in [3.05, 3.63) is 33.9 Å². The molecule has 0 aliphatic carbocycles. The molecular formula is C8H6N2O4S. The lowest BCUT2D eigenvalue weighted by Gasteiger charge is -2.00. The number of sulfone groups is 1. The van der Waals surface area contributed by atoms with Crippen LogP contribution in [0.3, 0.4) is 0 Å². The Morgan fingerprint density at radius 2 is 2.07 bits per heavy atom. The van der Waals surface area contributed by atoms with E-state index in [1.165, 1.54) is 0 Å². The average molecular weight is 226 g/mol. The zero-order valence-electron chi connectivity index (χ0n) is 7.67. The van der Waals surface area contributed by atoms with Gasteiger partial charge in [0, 0.05) is 18.4 Å². The van der Waals surface area contributed by atoms with Crippen LogP contribution in [0, 0.1) is 21.4 Å². The number of non-ortho nitro benzene ring substituents is 1. The van der Waals surface area contributed by atoms with Gasteiger partial charge in [-0.05, 0) is 6.07 Å². The quantitative estimate of drug-likeness (QED) is 0.550. The summed E-state index contributed by atoms with van der Waals surface area (Å²) in [6.45, 7) is 0. The van der Waals surface area contributed by atoms with Crippen LogP contribution < -0.4 is 0 Å². The highest BCUT2D eigenvalue weighted by molar-refractivity contribution is 7.90. The Hall–Kier alpha value is -1.94. The molecule has 1 rings (SSSR count). The van der Waals surface area contributed by atoms with Crippen molar-refractivity contribution in [1.82, 2.24) is 0 Å². The van der Waals surface area contributed by atoms with Gasteiger partial charge in [0.15, 0.2) is 9.84 Å². The number of nitriles is 1. The van der Waals surface area contributed by atoms with Crippen LogP contribution in [0.4, 0.5) is 5.69 Å². The molecule has 0 heterocycles. The van der Waals surface area contributed by atoms with Crippen LogP contribution in [0.5, 0.6) is 0 Å². The maximum Gasteiger partial charge on any atom is 0.270 e. The molecule has 0 saturated carbocycles. The van der Waals surface area contributed by atoms with E-state index in [2.05, 4.69) is 0 Å². The van der Waals surface area contributed by atoms with E-state index in [0.717, 1.165) is 24.5 Å². The fourth-order valence-electron chi connectivity index (χ4n) is 1.04. The van der Waals surface area contributed by atoms with Crippen LogP contribution in [0.15, 0.2) is 23.1 Å². The standard InChI is InChI=1S/C8H6N2O4S/c1-15(13,14)8-3-2-7(10(11)12)4-6(8)5-9/h2-4H,1H3. The van der Waals surface area contributed by atoms with Gasteiger partial charge in [-0.2, -0.15) is 5.26 Å². The van der Waals surface area contributed by atoms with Gasteiger partial charge in [-0.15, -0.1) is 0 Å². The predicted octanol–water partition coefficient (Wildman–Crippen LogP) is 0.870. The normalized spacial score (nSPS) is 10.7. The van der Waals surface area contributed by atoms with Gasteiger partial charge in [-0.25, -0.2) is 8.42 Å². The van der Waals surface area contributed by atoms with E-state index in [4.69, 9.17) is 5.26 Å². The summed E-state index contributed by atoms with van der Waals surface area (Å²) >= 11 is 0. The fourth-order valence-corrected chi connectivity index (χ4v) is 1.86. The number of nitrogens with zero attached hydrogens (tertiary/aromatic N) is 2. The van der Waals surface area contributed by atoms with Crippen molar-refractivity contribution in [2.45, 2.75) is 4.90 Å². The molecule has 6 nitrogen and oxygen atoms in total. The third-order valence-electron chi connectivity index (χ3n) is 1.69. The van der Waals surface area contributed by atoms with Crippen LogP contribution in [0.1, 0.15) is 5.56 Å². The summed E-state index contributed by atoms with van der Waals surface area (Å²) in [6.07, 6.45) is 0.939. The first-order chi connectivity index (χ1) is 6.86. The Morgan fingerprint density at radius 3 is 2.47 bits per heavy atom. The van der Waals surface area contributed by atoms with Gasteiger partial charge in [0.05, 0.1) is 15.4 Å². The summed E-state index contributed by atoms with van der Waals surface area (Å²) in [5, 5.41) is 19.0.